The average molecular weight is 346 g/mol. The second-order valence-corrected chi connectivity index (χ2v) is 6.52. The summed E-state index contributed by atoms with van der Waals surface area (Å²) in [7, 11) is 0. The summed E-state index contributed by atoms with van der Waals surface area (Å²) >= 11 is 6.17. The van der Waals surface area contributed by atoms with E-state index < -0.39 is 0 Å². The summed E-state index contributed by atoms with van der Waals surface area (Å²) in [6, 6.07) is 6.83. The molecule has 1 saturated heterocycles. The zero-order valence-corrected chi connectivity index (χ0v) is 13.8. The van der Waals surface area contributed by atoms with Crippen LogP contribution in [0.3, 0.4) is 0 Å². The standard InChI is InChI=1S/C17H17ClFN5/c18-14-4-1-5-15(19)13(14)10-23-8-2-3-12(9-23)16-6-7-20-17-21-11-22-24(16)17/h1,4-7,11-12H,2-3,8-10H2. The van der Waals surface area contributed by atoms with E-state index in [2.05, 4.69) is 20.0 Å². The van der Waals surface area contributed by atoms with Gasteiger partial charge in [0.25, 0.3) is 5.78 Å². The minimum absolute atomic E-state index is 0.243. The van der Waals surface area contributed by atoms with Crippen molar-refractivity contribution in [3.8, 4) is 0 Å². The van der Waals surface area contributed by atoms with Gasteiger partial charge in [0, 0.05) is 35.8 Å². The largest absolute Gasteiger partial charge is 0.298 e. The fourth-order valence-corrected chi connectivity index (χ4v) is 3.64. The summed E-state index contributed by atoms with van der Waals surface area (Å²) in [6.45, 7) is 2.30. The Morgan fingerprint density at radius 2 is 2.17 bits per heavy atom. The van der Waals surface area contributed by atoms with Gasteiger partial charge in [-0.3, -0.25) is 4.90 Å². The van der Waals surface area contributed by atoms with Crippen molar-refractivity contribution in [1.29, 1.82) is 0 Å². The lowest BCUT2D eigenvalue weighted by molar-refractivity contribution is 0.195. The maximum absolute atomic E-state index is 14.1. The highest BCUT2D eigenvalue weighted by Crippen LogP contribution is 2.29. The molecule has 4 rings (SSSR count). The van der Waals surface area contributed by atoms with Crippen molar-refractivity contribution in [2.24, 2.45) is 0 Å². The Kier molecular flexibility index (Phi) is 4.16. The molecule has 0 bridgehead atoms. The van der Waals surface area contributed by atoms with Gasteiger partial charge >= 0.3 is 0 Å². The number of rotatable bonds is 3. The van der Waals surface area contributed by atoms with Gasteiger partial charge in [0.15, 0.2) is 0 Å². The number of piperidine rings is 1. The van der Waals surface area contributed by atoms with Crippen molar-refractivity contribution >= 4 is 17.4 Å². The van der Waals surface area contributed by atoms with Crippen LogP contribution in [0, 0.1) is 5.82 Å². The number of hydrogen-bond donors (Lipinski definition) is 0. The second-order valence-electron chi connectivity index (χ2n) is 6.12. The summed E-state index contributed by atoms with van der Waals surface area (Å²) in [5.41, 5.74) is 1.67. The molecule has 0 spiro atoms. The lowest BCUT2D eigenvalue weighted by Crippen LogP contribution is -2.35. The molecular formula is C17H17ClFN5. The monoisotopic (exact) mass is 345 g/mol. The molecule has 0 N–H and O–H groups in total. The lowest BCUT2D eigenvalue weighted by atomic mass is 9.94. The van der Waals surface area contributed by atoms with Gasteiger partial charge in [-0.05, 0) is 37.6 Å². The number of benzene rings is 1. The molecular weight excluding hydrogens is 329 g/mol. The molecule has 7 heteroatoms. The lowest BCUT2D eigenvalue weighted by Gasteiger charge is -2.33. The van der Waals surface area contributed by atoms with Crippen LogP contribution < -0.4 is 0 Å². The summed E-state index contributed by atoms with van der Waals surface area (Å²) in [6.07, 6.45) is 5.41. The maximum atomic E-state index is 14.1. The summed E-state index contributed by atoms with van der Waals surface area (Å²) in [4.78, 5) is 10.6. The minimum Gasteiger partial charge on any atom is -0.298 e. The average Bonchev–Trinajstić information content (AvgIpc) is 3.07. The predicted octanol–water partition coefficient (Wildman–Crippen LogP) is 3.30. The highest BCUT2D eigenvalue weighted by molar-refractivity contribution is 6.31. The minimum atomic E-state index is -0.243. The molecule has 1 aliphatic heterocycles. The normalized spacial score (nSPS) is 19.0. The van der Waals surface area contributed by atoms with Gasteiger partial charge in [0.2, 0.25) is 0 Å². The van der Waals surface area contributed by atoms with Crippen LogP contribution in [0.5, 0.6) is 0 Å². The third-order valence-electron chi connectivity index (χ3n) is 4.58. The Morgan fingerprint density at radius 1 is 1.25 bits per heavy atom. The molecule has 1 atom stereocenters. The molecule has 0 amide bonds. The topological polar surface area (TPSA) is 46.3 Å². The first kappa shape index (κ1) is 15.5. The summed E-state index contributed by atoms with van der Waals surface area (Å²) in [5.74, 6) is 0.686. The molecule has 5 nitrogen and oxygen atoms in total. The van der Waals surface area contributed by atoms with Crippen LogP contribution in [-0.2, 0) is 6.54 Å². The molecule has 1 aromatic carbocycles. The van der Waals surface area contributed by atoms with Crippen molar-refractivity contribution in [2.45, 2.75) is 25.3 Å². The van der Waals surface area contributed by atoms with Crippen molar-refractivity contribution in [2.75, 3.05) is 13.1 Å². The third-order valence-corrected chi connectivity index (χ3v) is 4.93. The van der Waals surface area contributed by atoms with E-state index in [9.17, 15) is 4.39 Å². The zero-order valence-electron chi connectivity index (χ0n) is 13.1. The van der Waals surface area contributed by atoms with Crippen LogP contribution in [0.1, 0.15) is 30.0 Å². The molecule has 2 aromatic heterocycles. The first-order chi connectivity index (χ1) is 11.7. The third kappa shape index (κ3) is 2.87. The van der Waals surface area contributed by atoms with E-state index >= 15 is 0 Å². The molecule has 24 heavy (non-hydrogen) atoms. The molecule has 1 unspecified atom stereocenters. The smallest absolute Gasteiger partial charge is 0.252 e. The van der Waals surface area contributed by atoms with E-state index in [0.29, 0.717) is 28.8 Å². The molecule has 0 radical (unpaired) electrons. The van der Waals surface area contributed by atoms with Crippen molar-refractivity contribution in [1.82, 2.24) is 24.5 Å². The van der Waals surface area contributed by atoms with Gasteiger partial charge < -0.3 is 0 Å². The van der Waals surface area contributed by atoms with Crippen molar-refractivity contribution in [3.05, 3.63) is 58.9 Å². The van der Waals surface area contributed by atoms with Crippen molar-refractivity contribution in [3.63, 3.8) is 0 Å². The molecule has 3 heterocycles. The fourth-order valence-electron chi connectivity index (χ4n) is 3.41. The first-order valence-corrected chi connectivity index (χ1v) is 8.40. The molecule has 3 aromatic rings. The van der Waals surface area contributed by atoms with Gasteiger partial charge in [0.05, 0.1) is 5.69 Å². The highest BCUT2D eigenvalue weighted by atomic mass is 35.5. The van der Waals surface area contributed by atoms with Crippen LogP contribution in [-0.4, -0.2) is 37.6 Å². The van der Waals surface area contributed by atoms with Crippen LogP contribution in [0.15, 0.2) is 36.8 Å². The van der Waals surface area contributed by atoms with E-state index in [-0.39, 0.29) is 5.82 Å². The first-order valence-electron chi connectivity index (χ1n) is 8.02. The van der Waals surface area contributed by atoms with Gasteiger partial charge in [-0.1, -0.05) is 17.7 Å². The Morgan fingerprint density at radius 3 is 3.04 bits per heavy atom. The molecule has 1 aliphatic rings. The number of fused-ring (bicyclic) bond motifs is 1. The van der Waals surface area contributed by atoms with Gasteiger partial charge in [-0.2, -0.15) is 10.1 Å². The van der Waals surface area contributed by atoms with E-state index in [1.54, 1.807) is 22.8 Å². The number of aromatic nitrogens is 4. The second kappa shape index (κ2) is 6.45. The van der Waals surface area contributed by atoms with E-state index in [0.717, 1.165) is 31.6 Å². The number of hydrogen-bond acceptors (Lipinski definition) is 4. The van der Waals surface area contributed by atoms with Crippen LogP contribution in [0.25, 0.3) is 5.78 Å². The summed E-state index contributed by atoms with van der Waals surface area (Å²) in [5, 5.41) is 4.76. The van der Waals surface area contributed by atoms with Crippen molar-refractivity contribution < 1.29 is 4.39 Å². The van der Waals surface area contributed by atoms with Crippen LogP contribution in [0.2, 0.25) is 5.02 Å². The SMILES string of the molecule is Fc1cccc(Cl)c1CN1CCCC(c2ccnc3ncnn23)C1. The molecule has 0 aliphatic carbocycles. The van der Waals surface area contributed by atoms with E-state index in [1.807, 2.05) is 6.07 Å². The van der Waals surface area contributed by atoms with Gasteiger partial charge in [-0.25, -0.2) is 13.9 Å². The molecule has 1 fully saturated rings. The number of nitrogens with zero attached hydrogens (tertiary/aromatic N) is 5. The zero-order chi connectivity index (χ0) is 16.5. The van der Waals surface area contributed by atoms with Gasteiger partial charge in [-0.15, -0.1) is 0 Å². The number of halogens is 2. The Hall–Kier alpha value is -2.05. The van der Waals surface area contributed by atoms with Gasteiger partial charge in [0.1, 0.15) is 12.1 Å². The highest BCUT2D eigenvalue weighted by Gasteiger charge is 2.25. The molecule has 0 saturated carbocycles. The predicted molar refractivity (Wildman–Crippen MR) is 89.4 cm³/mol. The fraction of sp³-hybridized carbons (Fsp3) is 0.353. The molecule has 124 valence electrons. The van der Waals surface area contributed by atoms with E-state index in [4.69, 9.17) is 11.6 Å². The quantitative estimate of drug-likeness (QED) is 0.730. The Balaban J connectivity index is 1.57. The van der Waals surface area contributed by atoms with Crippen LogP contribution in [0.4, 0.5) is 4.39 Å². The van der Waals surface area contributed by atoms with E-state index in [1.165, 1.54) is 12.4 Å². The van der Waals surface area contributed by atoms with Crippen LogP contribution >= 0.6 is 11.6 Å². The Labute approximate surface area is 144 Å². The summed E-state index contributed by atoms with van der Waals surface area (Å²) < 4.78 is 15.8. The Bertz CT molecular complexity index is 845. The maximum Gasteiger partial charge on any atom is 0.252 e. The number of likely N-dealkylation sites (tertiary alicyclic amines) is 1.